The molecule has 0 saturated heterocycles. The van der Waals surface area contributed by atoms with Gasteiger partial charge in [-0.25, -0.2) is 4.98 Å². The summed E-state index contributed by atoms with van der Waals surface area (Å²) in [5.74, 6) is 0.854. The number of halogens is 2. The fraction of sp³-hybridized carbons (Fsp3) is 0.200. The van der Waals surface area contributed by atoms with Crippen LogP contribution in [0.25, 0.3) is 21.3 Å². The van der Waals surface area contributed by atoms with Crippen LogP contribution in [0.1, 0.15) is 4.88 Å². The molecule has 0 unspecified atom stereocenters. The summed E-state index contributed by atoms with van der Waals surface area (Å²) in [6.45, 7) is 2.11. The van der Waals surface area contributed by atoms with Crippen LogP contribution in [0.2, 0.25) is 5.28 Å². The van der Waals surface area contributed by atoms with E-state index in [1.807, 2.05) is 31.1 Å². The van der Waals surface area contributed by atoms with E-state index < -0.39 is 0 Å². The predicted octanol–water partition coefficient (Wildman–Crippen LogP) is 5.15. The lowest BCUT2D eigenvalue weighted by molar-refractivity contribution is 1.06. The van der Waals surface area contributed by atoms with Gasteiger partial charge in [0.15, 0.2) is 0 Å². The van der Waals surface area contributed by atoms with Crippen molar-refractivity contribution in [1.29, 1.82) is 0 Å². The van der Waals surface area contributed by atoms with Gasteiger partial charge >= 0.3 is 0 Å². The zero-order valence-corrected chi connectivity index (χ0v) is 15.0. The molecule has 0 aliphatic carbocycles. The Morgan fingerprint density at radius 1 is 1.14 bits per heavy atom. The third-order valence-corrected chi connectivity index (χ3v) is 4.93. The summed E-state index contributed by atoms with van der Waals surface area (Å²) in [4.78, 5) is 12.9. The van der Waals surface area contributed by atoms with Crippen molar-refractivity contribution in [3.8, 4) is 11.1 Å². The summed E-state index contributed by atoms with van der Waals surface area (Å²) in [6, 6.07) is 8.30. The van der Waals surface area contributed by atoms with Gasteiger partial charge in [-0.15, -0.1) is 11.3 Å². The summed E-state index contributed by atoms with van der Waals surface area (Å²) in [6.07, 6.45) is 0. The van der Waals surface area contributed by atoms with Crippen molar-refractivity contribution in [2.24, 2.45) is 0 Å². The molecule has 0 aliphatic rings. The molecule has 0 N–H and O–H groups in total. The topological polar surface area (TPSA) is 29.0 Å². The Morgan fingerprint density at radius 2 is 1.81 bits per heavy atom. The SMILES string of the molecule is Cc1sc2nc(Cl)nc(N(C)C)c2c1-c1ccc(Br)cc1. The quantitative estimate of drug-likeness (QED) is 0.574. The molecule has 6 heteroatoms. The van der Waals surface area contributed by atoms with Gasteiger partial charge in [-0.2, -0.15) is 4.98 Å². The Balaban J connectivity index is 2.37. The van der Waals surface area contributed by atoms with Crippen LogP contribution in [0, 0.1) is 6.92 Å². The molecule has 108 valence electrons. The highest BCUT2D eigenvalue weighted by molar-refractivity contribution is 9.10. The highest BCUT2D eigenvalue weighted by Crippen LogP contribution is 2.41. The highest BCUT2D eigenvalue weighted by Gasteiger charge is 2.19. The van der Waals surface area contributed by atoms with Gasteiger partial charge in [0, 0.05) is 29.0 Å². The first-order chi connectivity index (χ1) is 9.97. The van der Waals surface area contributed by atoms with Gasteiger partial charge in [-0.05, 0) is 36.2 Å². The van der Waals surface area contributed by atoms with Gasteiger partial charge in [-0.3, -0.25) is 0 Å². The first-order valence-corrected chi connectivity index (χ1v) is 8.36. The lowest BCUT2D eigenvalue weighted by atomic mass is 10.0. The Morgan fingerprint density at radius 3 is 2.43 bits per heavy atom. The number of thiophene rings is 1. The maximum Gasteiger partial charge on any atom is 0.225 e. The van der Waals surface area contributed by atoms with Gasteiger partial charge in [0.1, 0.15) is 10.6 Å². The van der Waals surface area contributed by atoms with E-state index in [0.29, 0.717) is 0 Å². The van der Waals surface area contributed by atoms with E-state index >= 15 is 0 Å². The molecule has 21 heavy (non-hydrogen) atoms. The van der Waals surface area contributed by atoms with Crippen molar-refractivity contribution in [3.63, 3.8) is 0 Å². The van der Waals surface area contributed by atoms with E-state index in [9.17, 15) is 0 Å². The van der Waals surface area contributed by atoms with Crippen molar-refractivity contribution in [3.05, 3.63) is 38.9 Å². The van der Waals surface area contributed by atoms with Crippen LogP contribution in [0.5, 0.6) is 0 Å². The molecular formula is C15H13BrClN3S. The summed E-state index contributed by atoms with van der Waals surface area (Å²) in [7, 11) is 3.94. The normalized spacial score (nSPS) is 11.1. The average molecular weight is 383 g/mol. The largest absolute Gasteiger partial charge is 0.362 e. The zero-order chi connectivity index (χ0) is 15.1. The molecule has 0 amide bonds. The summed E-state index contributed by atoms with van der Waals surface area (Å²) in [5, 5.41) is 1.35. The van der Waals surface area contributed by atoms with Crippen LogP contribution < -0.4 is 4.90 Å². The molecule has 0 atom stereocenters. The van der Waals surface area contributed by atoms with E-state index in [-0.39, 0.29) is 5.28 Å². The van der Waals surface area contributed by atoms with Crippen LogP contribution in [-0.2, 0) is 0 Å². The molecule has 3 aromatic rings. The molecule has 1 aromatic carbocycles. The first-order valence-electron chi connectivity index (χ1n) is 6.37. The number of benzene rings is 1. The van der Waals surface area contributed by atoms with E-state index in [1.54, 1.807) is 11.3 Å². The molecule has 3 rings (SSSR count). The fourth-order valence-electron chi connectivity index (χ4n) is 2.36. The van der Waals surface area contributed by atoms with Crippen LogP contribution in [-0.4, -0.2) is 24.1 Å². The minimum Gasteiger partial charge on any atom is -0.362 e. The maximum absolute atomic E-state index is 6.05. The summed E-state index contributed by atoms with van der Waals surface area (Å²) in [5.41, 5.74) is 2.35. The molecule has 0 fully saturated rings. The number of aromatic nitrogens is 2. The van der Waals surface area contributed by atoms with Crippen LogP contribution >= 0.6 is 38.9 Å². The zero-order valence-electron chi connectivity index (χ0n) is 11.8. The van der Waals surface area contributed by atoms with E-state index in [2.05, 4.69) is 45.0 Å². The molecule has 3 nitrogen and oxygen atoms in total. The van der Waals surface area contributed by atoms with Gasteiger partial charge < -0.3 is 4.90 Å². The molecule has 0 saturated carbocycles. The Hall–Kier alpha value is -1.17. The van der Waals surface area contributed by atoms with Crippen molar-refractivity contribution in [2.75, 3.05) is 19.0 Å². The number of hydrogen-bond acceptors (Lipinski definition) is 4. The monoisotopic (exact) mass is 381 g/mol. The number of nitrogens with zero attached hydrogens (tertiary/aromatic N) is 3. The molecule has 0 radical (unpaired) electrons. The van der Waals surface area contributed by atoms with Crippen LogP contribution in [0.4, 0.5) is 5.82 Å². The number of anilines is 1. The minimum atomic E-state index is 0.287. The lowest BCUT2D eigenvalue weighted by Crippen LogP contribution is -2.11. The Labute approximate surface area is 140 Å². The molecule has 2 aromatic heterocycles. The van der Waals surface area contributed by atoms with Crippen molar-refractivity contribution < 1.29 is 0 Å². The maximum atomic E-state index is 6.05. The van der Waals surface area contributed by atoms with Gasteiger partial charge in [0.2, 0.25) is 5.28 Å². The lowest BCUT2D eigenvalue weighted by Gasteiger charge is -2.14. The number of fused-ring (bicyclic) bond motifs is 1. The van der Waals surface area contributed by atoms with Crippen LogP contribution in [0.15, 0.2) is 28.7 Å². The predicted molar refractivity (Wildman–Crippen MR) is 94.6 cm³/mol. The third-order valence-electron chi connectivity index (χ3n) is 3.24. The molecule has 0 spiro atoms. The standard InChI is InChI=1S/C15H13BrClN3S/c1-8-11(9-4-6-10(16)7-5-9)12-13(20(2)3)18-15(17)19-14(12)21-8/h4-7H,1-3H3. The molecule has 0 bridgehead atoms. The second-order valence-corrected chi connectivity index (χ2v) is 7.39. The van der Waals surface area contributed by atoms with Gasteiger partial charge in [0.25, 0.3) is 0 Å². The average Bonchev–Trinajstić information content (AvgIpc) is 2.74. The minimum absolute atomic E-state index is 0.287. The van der Waals surface area contributed by atoms with Crippen molar-refractivity contribution >= 4 is 54.9 Å². The van der Waals surface area contributed by atoms with Crippen molar-refractivity contribution in [2.45, 2.75) is 6.92 Å². The van der Waals surface area contributed by atoms with E-state index in [0.717, 1.165) is 26.1 Å². The molecule has 0 aliphatic heterocycles. The Bertz CT molecular complexity index is 812. The number of hydrogen-bond donors (Lipinski definition) is 0. The second-order valence-electron chi connectivity index (χ2n) is 4.93. The van der Waals surface area contributed by atoms with Crippen molar-refractivity contribution in [1.82, 2.24) is 9.97 Å². The van der Waals surface area contributed by atoms with Gasteiger partial charge in [-0.1, -0.05) is 28.1 Å². The molecular weight excluding hydrogens is 370 g/mol. The molecule has 2 heterocycles. The highest BCUT2D eigenvalue weighted by atomic mass is 79.9. The van der Waals surface area contributed by atoms with Gasteiger partial charge in [0.05, 0.1) is 5.39 Å². The second kappa shape index (κ2) is 5.55. The first kappa shape index (κ1) is 14.8. The number of aryl methyl sites for hydroxylation is 1. The Kier molecular flexibility index (Phi) is 3.90. The summed E-state index contributed by atoms with van der Waals surface area (Å²) < 4.78 is 1.07. The number of rotatable bonds is 2. The third kappa shape index (κ3) is 2.65. The van der Waals surface area contributed by atoms with E-state index in [4.69, 9.17) is 11.6 Å². The summed E-state index contributed by atoms with van der Waals surface area (Å²) >= 11 is 11.2. The fourth-order valence-corrected chi connectivity index (χ4v) is 3.87. The van der Waals surface area contributed by atoms with E-state index in [1.165, 1.54) is 10.4 Å². The van der Waals surface area contributed by atoms with Crippen LogP contribution in [0.3, 0.4) is 0 Å². The smallest absolute Gasteiger partial charge is 0.225 e.